The standard InChI is InChI=1S/C16H13ClN2O3S/c1-22-14-8-9-15(12-6-3-2-5-11(12)14)23(20,21)19-13-7-4-10-18-16(13)17/h2-10,19H,1H3. The molecule has 0 fully saturated rings. The maximum atomic E-state index is 12.7. The number of benzene rings is 2. The van der Waals surface area contributed by atoms with Crippen molar-refractivity contribution in [1.29, 1.82) is 0 Å². The van der Waals surface area contributed by atoms with Crippen LogP contribution in [0.5, 0.6) is 5.75 Å². The minimum atomic E-state index is -3.82. The molecule has 23 heavy (non-hydrogen) atoms. The van der Waals surface area contributed by atoms with E-state index in [0.29, 0.717) is 11.1 Å². The fourth-order valence-electron chi connectivity index (χ4n) is 2.32. The van der Waals surface area contributed by atoms with Gasteiger partial charge in [0.2, 0.25) is 0 Å². The Kier molecular flexibility index (Phi) is 4.11. The molecular weight excluding hydrogens is 336 g/mol. The van der Waals surface area contributed by atoms with E-state index in [1.54, 1.807) is 37.4 Å². The molecule has 0 aliphatic carbocycles. The number of fused-ring (bicyclic) bond motifs is 1. The zero-order valence-corrected chi connectivity index (χ0v) is 13.7. The van der Waals surface area contributed by atoms with Gasteiger partial charge in [0.1, 0.15) is 5.75 Å². The Morgan fingerprint density at radius 1 is 1.04 bits per heavy atom. The summed E-state index contributed by atoms with van der Waals surface area (Å²) in [5, 5.41) is 1.38. The highest BCUT2D eigenvalue weighted by atomic mass is 35.5. The molecule has 0 unspecified atom stereocenters. The Morgan fingerprint density at radius 3 is 2.48 bits per heavy atom. The lowest BCUT2D eigenvalue weighted by Crippen LogP contribution is -2.14. The summed E-state index contributed by atoms with van der Waals surface area (Å²) >= 11 is 5.93. The topological polar surface area (TPSA) is 68.3 Å². The van der Waals surface area contributed by atoms with Crippen LogP contribution in [0.4, 0.5) is 5.69 Å². The molecule has 1 N–H and O–H groups in total. The molecule has 0 saturated heterocycles. The fraction of sp³-hybridized carbons (Fsp3) is 0.0625. The molecule has 0 aliphatic rings. The minimum absolute atomic E-state index is 0.0916. The van der Waals surface area contributed by atoms with Crippen molar-refractivity contribution in [3.8, 4) is 5.75 Å². The molecule has 0 bridgehead atoms. The van der Waals surface area contributed by atoms with Crippen LogP contribution in [0.15, 0.2) is 59.6 Å². The zero-order valence-electron chi connectivity index (χ0n) is 12.2. The van der Waals surface area contributed by atoms with Crippen molar-refractivity contribution < 1.29 is 13.2 Å². The number of hydrogen-bond acceptors (Lipinski definition) is 4. The Bertz CT molecular complexity index is 974. The van der Waals surface area contributed by atoms with Gasteiger partial charge in [-0.15, -0.1) is 0 Å². The van der Waals surface area contributed by atoms with Crippen molar-refractivity contribution in [3.05, 3.63) is 59.9 Å². The van der Waals surface area contributed by atoms with Crippen LogP contribution in [0, 0.1) is 0 Å². The first-order valence-corrected chi connectivity index (χ1v) is 8.58. The van der Waals surface area contributed by atoms with E-state index < -0.39 is 10.0 Å². The van der Waals surface area contributed by atoms with Crippen LogP contribution >= 0.6 is 11.6 Å². The third-order valence-corrected chi connectivity index (χ3v) is 5.08. The normalized spacial score (nSPS) is 11.4. The summed E-state index contributed by atoms with van der Waals surface area (Å²) in [6.07, 6.45) is 1.49. The number of rotatable bonds is 4. The van der Waals surface area contributed by atoms with Gasteiger partial charge in [0.15, 0.2) is 5.15 Å². The van der Waals surface area contributed by atoms with Crippen molar-refractivity contribution in [3.63, 3.8) is 0 Å². The summed E-state index contributed by atoms with van der Waals surface area (Å²) in [4.78, 5) is 4.01. The van der Waals surface area contributed by atoms with E-state index in [0.717, 1.165) is 5.39 Å². The Balaban J connectivity index is 2.14. The van der Waals surface area contributed by atoms with Crippen molar-refractivity contribution in [2.75, 3.05) is 11.8 Å². The lowest BCUT2D eigenvalue weighted by molar-refractivity contribution is 0.419. The first-order chi connectivity index (χ1) is 11.0. The van der Waals surface area contributed by atoms with Crippen LogP contribution in [-0.4, -0.2) is 20.5 Å². The van der Waals surface area contributed by atoms with Gasteiger partial charge < -0.3 is 4.74 Å². The second-order valence-corrected chi connectivity index (χ2v) is 6.77. The zero-order chi connectivity index (χ0) is 16.4. The molecule has 0 spiro atoms. The average Bonchev–Trinajstić information content (AvgIpc) is 2.55. The Hall–Kier alpha value is -2.31. The number of ether oxygens (including phenoxy) is 1. The first-order valence-electron chi connectivity index (χ1n) is 6.72. The monoisotopic (exact) mass is 348 g/mol. The van der Waals surface area contributed by atoms with Gasteiger partial charge in [-0.1, -0.05) is 35.9 Å². The Labute approximate surface area is 138 Å². The second-order valence-electron chi connectivity index (χ2n) is 4.76. The molecule has 0 radical (unpaired) electrons. The van der Waals surface area contributed by atoms with Gasteiger partial charge in [-0.25, -0.2) is 13.4 Å². The van der Waals surface area contributed by atoms with E-state index in [1.807, 2.05) is 12.1 Å². The number of halogens is 1. The molecule has 0 amide bonds. The number of nitrogens with one attached hydrogen (secondary N) is 1. The van der Waals surface area contributed by atoms with Gasteiger partial charge >= 0.3 is 0 Å². The van der Waals surface area contributed by atoms with Gasteiger partial charge in [0, 0.05) is 17.0 Å². The molecule has 3 rings (SSSR count). The summed E-state index contributed by atoms with van der Waals surface area (Å²) in [5.41, 5.74) is 0.231. The SMILES string of the molecule is COc1ccc(S(=O)(=O)Nc2cccnc2Cl)c2ccccc12. The first kappa shape index (κ1) is 15.6. The molecular formula is C16H13ClN2O3S. The van der Waals surface area contributed by atoms with Crippen LogP contribution in [-0.2, 0) is 10.0 Å². The van der Waals surface area contributed by atoms with Gasteiger partial charge in [0.25, 0.3) is 10.0 Å². The quantitative estimate of drug-likeness (QED) is 0.730. The van der Waals surface area contributed by atoms with Crippen molar-refractivity contribution >= 4 is 38.1 Å². The van der Waals surface area contributed by atoms with Crippen LogP contribution in [0.1, 0.15) is 0 Å². The predicted octanol–water partition coefficient (Wildman–Crippen LogP) is 3.70. The summed E-state index contributed by atoms with van der Waals surface area (Å²) in [6.45, 7) is 0. The van der Waals surface area contributed by atoms with Gasteiger partial charge in [0.05, 0.1) is 17.7 Å². The fourth-order valence-corrected chi connectivity index (χ4v) is 3.82. The lowest BCUT2D eigenvalue weighted by Gasteiger charge is -2.13. The number of nitrogens with zero attached hydrogens (tertiary/aromatic N) is 1. The maximum Gasteiger partial charge on any atom is 0.262 e. The lowest BCUT2D eigenvalue weighted by atomic mass is 10.1. The molecule has 7 heteroatoms. The van der Waals surface area contributed by atoms with E-state index in [1.165, 1.54) is 12.3 Å². The van der Waals surface area contributed by atoms with Crippen LogP contribution in [0.2, 0.25) is 5.15 Å². The highest BCUT2D eigenvalue weighted by molar-refractivity contribution is 7.93. The molecule has 118 valence electrons. The summed E-state index contributed by atoms with van der Waals surface area (Å²) < 4.78 is 33.2. The van der Waals surface area contributed by atoms with Crippen LogP contribution < -0.4 is 9.46 Å². The number of methoxy groups -OCH3 is 1. The summed E-state index contributed by atoms with van der Waals surface area (Å²) in [6, 6.07) is 13.4. The highest BCUT2D eigenvalue weighted by Gasteiger charge is 2.20. The molecule has 2 aromatic carbocycles. The average molecular weight is 349 g/mol. The number of anilines is 1. The summed E-state index contributed by atoms with van der Waals surface area (Å²) in [5.74, 6) is 0.610. The van der Waals surface area contributed by atoms with Gasteiger partial charge in [-0.3, -0.25) is 4.72 Å². The van der Waals surface area contributed by atoms with Gasteiger partial charge in [-0.2, -0.15) is 0 Å². The van der Waals surface area contributed by atoms with Crippen molar-refractivity contribution in [2.45, 2.75) is 4.90 Å². The van der Waals surface area contributed by atoms with E-state index >= 15 is 0 Å². The number of pyridine rings is 1. The van der Waals surface area contributed by atoms with Gasteiger partial charge in [-0.05, 0) is 24.3 Å². The van der Waals surface area contributed by atoms with E-state index in [-0.39, 0.29) is 15.7 Å². The van der Waals surface area contributed by atoms with Crippen LogP contribution in [0.25, 0.3) is 10.8 Å². The van der Waals surface area contributed by atoms with Crippen molar-refractivity contribution in [2.24, 2.45) is 0 Å². The largest absolute Gasteiger partial charge is 0.496 e. The maximum absolute atomic E-state index is 12.7. The molecule has 1 aromatic heterocycles. The molecule has 0 aliphatic heterocycles. The number of hydrogen-bond donors (Lipinski definition) is 1. The Morgan fingerprint density at radius 2 is 1.78 bits per heavy atom. The molecule has 3 aromatic rings. The number of sulfonamides is 1. The van der Waals surface area contributed by atoms with E-state index in [4.69, 9.17) is 16.3 Å². The smallest absolute Gasteiger partial charge is 0.262 e. The number of aromatic nitrogens is 1. The third kappa shape index (κ3) is 2.95. The van der Waals surface area contributed by atoms with E-state index in [9.17, 15) is 8.42 Å². The van der Waals surface area contributed by atoms with E-state index in [2.05, 4.69) is 9.71 Å². The highest BCUT2D eigenvalue weighted by Crippen LogP contribution is 2.32. The second kappa shape index (κ2) is 6.06. The third-order valence-electron chi connectivity index (χ3n) is 3.36. The molecule has 0 saturated carbocycles. The molecule has 0 atom stereocenters. The van der Waals surface area contributed by atoms with Crippen LogP contribution in [0.3, 0.4) is 0 Å². The molecule has 5 nitrogen and oxygen atoms in total. The minimum Gasteiger partial charge on any atom is -0.496 e. The predicted molar refractivity (Wildman–Crippen MR) is 90.6 cm³/mol. The summed E-state index contributed by atoms with van der Waals surface area (Å²) in [7, 11) is -2.27. The van der Waals surface area contributed by atoms with Crippen molar-refractivity contribution in [1.82, 2.24) is 4.98 Å². The molecule has 1 heterocycles.